The molecule has 1 heterocycles. The number of aliphatic carboxylic acids is 1. The third-order valence-corrected chi connectivity index (χ3v) is 3.95. The molecule has 1 aliphatic rings. The van der Waals surface area contributed by atoms with Gasteiger partial charge in [-0.1, -0.05) is 15.9 Å². The zero-order valence-corrected chi connectivity index (χ0v) is 12.6. The lowest BCUT2D eigenvalue weighted by molar-refractivity contribution is -0.137. The Kier molecular flexibility index (Phi) is 4.82. The van der Waals surface area contributed by atoms with Crippen molar-refractivity contribution in [3.8, 4) is 0 Å². The number of carboxylic acid groups (broad SMARTS) is 1. The predicted octanol–water partition coefficient (Wildman–Crippen LogP) is 2.40. The summed E-state index contributed by atoms with van der Waals surface area (Å²) < 4.78 is 1.09. The fourth-order valence-corrected chi connectivity index (χ4v) is 2.98. The van der Waals surface area contributed by atoms with Crippen molar-refractivity contribution in [1.29, 1.82) is 0 Å². The Balaban J connectivity index is 2.02. The maximum atomic E-state index is 10.6. The quantitative estimate of drug-likeness (QED) is 0.892. The summed E-state index contributed by atoms with van der Waals surface area (Å²) in [5, 5.41) is 12.1. The third-order valence-electron chi connectivity index (χ3n) is 3.46. The number of hydrogen-bond donors (Lipinski definition) is 2. The normalized spacial score (nSPS) is 19.5. The van der Waals surface area contributed by atoms with Crippen molar-refractivity contribution in [3.63, 3.8) is 0 Å². The number of piperazine rings is 1. The minimum atomic E-state index is -0.723. The molecule has 104 valence electrons. The van der Waals surface area contributed by atoms with Crippen LogP contribution in [0.15, 0.2) is 22.7 Å². The van der Waals surface area contributed by atoms with Gasteiger partial charge in [0.25, 0.3) is 0 Å². The van der Waals surface area contributed by atoms with Crippen LogP contribution in [-0.4, -0.2) is 36.8 Å². The van der Waals surface area contributed by atoms with Crippen LogP contribution in [0.2, 0.25) is 0 Å². The van der Waals surface area contributed by atoms with Gasteiger partial charge in [0.2, 0.25) is 0 Å². The Labute approximate surface area is 121 Å². The van der Waals surface area contributed by atoms with Crippen LogP contribution in [0, 0.1) is 6.92 Å². The third kappa shape index (κ3) is 3.94. The molecular formula is C14H19BrN2O2. The molecule has 1 unspecified atom stereocenters. The standard InChI is InChI=1S/C14H19BrN2O2/c1-10-8-11(15)2-4-13(10)17-7-6-16-12(9-17)3-5-14(18)19/h2,4,8,12,16H,3,5-7,9H2,1H3,(H,18,19). The summed E-state index contributed by atoms with van der Waals surface area (Å²) >= 11 is 3.48. The molecular weight excluding hydrogens is 308 g/mol. The molecule has 5 heteroatoms. The fourth-order valence-electron chi connectivity index (χ4n) is 2.51. The van der Waals surface area contributed by atoms with Gasteiger partial charge in [-0.25, -0.2) is 0 Å². The Bertz CT molecular complexity index is 465. The van der Waals surface area contributed by atoms with Crippen molar-refractivity contribution in [1.82, 2.24) is 5.32 Å². The van der Waals surface area contributed by atoms with Crippen LogP contribution in [0.1, 0.15) is 18.4 Å². The Morgan fingerprint density at radius 2 is 2.37 bits per heavy atom. The van der Waals surface area contributed by atoms with E-state index in [0.717, 1.165) is 24.1 Å². The highest BCUT2D eigenvalue weighted by molar-refractivity contribution is 9.10. The average Bonchev–Trinajstić information content (AvgIpc) is 2.36. The van der Waals surface area contributed by atoms with Crippen LogP contribution in [0.4, 0.5) is 5.69 Å². The number of carboxylic acids is 1. The van der Waals surface area contributed by atoms with Gasteiger partial charge in [0.15, 0.2) is 0 Å². The van der Waals surface area contributed by atoms with Gasteiger partial charge >= 0.3 is 5.97 Å². The molecule has 0 radical (unpaired) electrons. The van der Waals surface area contributed by atoms with Crippen LogP contribution in [-0.2, 0) is 4.79 Å². The van der Waals surface area contributed by atoms with Gasteiger partial charge in [-0.2, -0.15) is 0 Å². The van der Waals surface area contributed by atoms with E-state index in [2.05, 4.69) is 51.3 Å². The van der Waals surface area contributed by atoms with Gasteiger partial charge < -0.3 is 15.3 Å². The van der Waals surface area contributed by atoms with E-state index < -0.39 is 5.97 Å². The first kappa shape index (κ1) is 14.3. The van der Waals surface area contributed by atoms with Crippen molar-refractivity contribution >= 4 is 27.6 Å². The molecule has 0 aromatic heterocycles. The van der Waals surface area contributed by atoms with Gasteiger partial charge in [-0.15, -0.1) is 0 Å². The molecule has 4 nitrogen and oxygen atoms in total. The molecule has 1 saturated heterocycles. The summed E-state index contributed by atoms with van der Waals surface area (Å²) in [6.45, 7) is 4.84. The highest BCUT2D eigenvalue weighted by Crippen LogP contribution is 2.25. The van der Waals surface area contributed by atoms with E-state index in [0.29, 0.717) is 6.42 Å². The molecule has 0 bridgehead atoms. The lowest BCUT2D eigenvalue weighted by Crippen LogP contribution is -2.51. The number of hydrogen-bond acceptors (Lipinski definition) is 3. The molecule has 1 aromatic carbocycles. The molecule has 0 amide bonds. The summed E-state index contributed by atoms with van der Waals surface area (Å²) in [4.78, 5) is 13.0. The first-order valence-electron chi connectivity index (χ1n) is 6.52. The molecule has 1 aliphatic heterocycles. The first-order valence-corrected chi connectivity index (χ1v) is 7.32. The van der Waals surface area contributed by atoms with Crippen LogP contribution in [0.5, 0.6) is 0 Å². The van der Waals surface area contributed by atoms with Crippen LogP contribution in [0.3, 0.4) is 0 Å². The van der Waals surface area contributed by atoms with Gasteiger partial charge in [-0.05, 0) is 37.1 Å². The van der Waals surface area contributed by atoms with E-state index in [-0.39, 0.29) is 12.5 Å². The SMILES string of the molecule is Cc1cc(Br)ccc1N1CCNC(CCC(=O)O)C1. The van der Waals surface area contributed by atoms with Gasteiger partial charge in [0.1, 0.15) is 0 Å². The van der Waals surface area contributed by atoms with Gasteiger partial charge in [-0.3, -0.25) is 4.79 Å². The first-order chi connectivity index (χ1) is 9.06. The number of benzene rings is 1. The molecule has 2 N–H and O–H groups in total. The maximum Gasteiger partial charge on any atom is 0.303 e. The summed E-state index contributed by atoms with van der Waals surface area (Å²) in [7, 11) is 0. The maximum absolute atomic E-state index is 10.6. The van der Waals surface area contributed by atoms with Crippen LogP contribution >= 0.6 is 15.9 Å². The zero-order chi connectivity index (χ0) is 13.8. The van der Waals surface area contributed by atoms with Crippen molar-refractivity contribution in [2.24, 2.45) is 0 Å². The smallest absolute Gasteiger partial charge is 0.303 e. The fraction of sp³-hybridized carbons (Fsp3) is 0.500. The lowest BCUT2D eigenvalue weighted by Gasteiger charge is -2.36. The van der Waals surface area contributed by atoms with Gasteiger partial charge in [0, 0.05) is 42.3 Å². The number of aryl methyl sites for hydroxylation is 1. The minimum Gasteiger partial charge on any atom is -0.481 e. The predicted molar refractivity (Wildman–Crippen MR) is 79.8 cm³/mol. The van der Waals surface area contributed by atoms with E-state index in [1.54, 1.807) is 0 Å². The summed E-state index contributed by atoms with van der Waals surface area (Å²) in [5.41, 5.74) is 2.48. The van der Waals surface area contributed by atoms with Crippen LogP contribution < -0.4 is 10.2 Å². The van der Waals surface area contributed by atoms with Crippen molar-refractivity contribution in [3.05, 3.63) is 28.2 Å². The molecule has 2 rings (SSSR count). The van der Waals surface area contributed by atoms with Crippen LogP contribution in [0.25, 0.3) is 0 Å². The summed E-state index contributed by atoms with van der Waals surface area (Å²) in [5.74, 6) is -0.723. The van der Waals surface area contributed by atoms with Crippen molar-refractivity contribution in [2.75, 3.05) is 24.5 Å². The number of nitrogens with zero attached hydrogens (tertiary/aromatic N) is 1. The second-order valence-corrected chi connectivity index (χ2v) is 5.88. The molecule has 0 aliphatic carbocycles. The Morgan fingerprint density at radius 3 is 3.05 bits per heavy atom. The van der Waals surface area contributed by atoms with E-state index in [9.17, 15) is 4.79 Å². The topological polar surface area (TPSA) is 52.6 Å². The monoisotopic (exact) mass is 326 g/mol. The number of carbonyl (C=O) groups is 1. The van der Waals surface area contributed by atoms with Crippen molar-refractivity contribution < 1.29 is 9.90 Å². The largest absolute Gasteiger partial charge is 0.481 e. The Morgan fingerprint density at radius 1 is 1.58 bits per heavy atom. The van der Waals surface area contributed by atoms with E-state index in [4.69, 9.17) is 5.11 Å². The number of rotatable bonds is 4. The molecule has 0 saturated carbocycles. The number of nitrogens with one attached hydrogen (secondary N) is 1. The van der Waals surface area contributed by atoms with E-state index in [1.807, 2.05) is 0 Å². The van der Waals surface area contributed by atoms with Gasteiger partial charge in [0.05, 0.1) is 0 Å². The van der Waals surface area contributed by atoms with E-state index in [1.165, 1.54) is 11.3 Å². The molecule has 1 aromatic rings. The highest BCUT2D eigenvalue weighted by atomic mass is 79.9. The average molecular weight is 327 g/mol. The second kappa shape index (κ2) is 6.39. The minimum absolute atomic E-state index is 0.227. The van der Waals surface area contributed by atoms with Crippen molar-refractivity contribution in [2.45, 2.75) is 25.8 Å². The highest BCUT2D eigenvalue weighted by Gasteiger charge is 2.21. The molecule has 1 fully saturated rings. The number of anilines is 1. The lowest BCUT2D eigenvalue weighted by atomic mass is 10.1. The zero-order valence-electron chi connectivity index (χ0n) is 11.0. The Hall–Kier alpha value is -1.07. The summed E-state index contributed by atoms with van der Waals surface area (Å²) in [6.07, 6.45) is 0.909. The summed E-state index contributed by atoms with van der Waals surface area (Å²) in [6, 6.07) is 6.55. The molecule has 1 atom stereocenters. The second-order valence-electron chi connectivity index (χ2n) is 4.96. The number of halogens is 1. The molecule has 0 spiro atoms. The molecule has 19 heavy (non-hydrogen) atoms. The van der Waals surface area contributed by atoms with E-state index >= 15 is 0 Å².